The Hall–Kier alpha value is -2.63. The quantitative estimate of drug-likeness (QED) is 0.472. The summed E-state index contributed by atoms with van der Waals surface area (Å²) in [7, 11) is 3.23. The fraction of sp³-hybridized carbons (Fsp3) is 0.389. The van der Waals surface area contributed by atoms with Gasteiger partial charge in [-0.25, -0.2) is 0 Å². The minimum Gasteiger partial charge on any atom is -0.354 e. The average molecular weight is 432 g/mol. The summed E-state index contributed by atoms with van der Waals surface area (Å²) in [6.45, 7) is 0.379. The van der Waals surface area contributed by atoms with Crippen LogP contribution in [0.25, 0.3) is 0 Å². The molecule has 0 aromatic carbocycles. The van der Waals surface area contributed by atoms with Crippen molar-refractivity contribution in [2.75, 3.05) is 20.6 Å². The predicted molar refractivity (Wildman–Crippen MR) is 111 cm³/mol. The zero-order chi connectivity index (χ0) is 20.6. The highest BCUT2D eigenvalue weighted by atomic mass is 32.1. The molecule has 29 heavy (non-hydrogen) atoms. The second-order valence-electron chi connectivity index (χ2n) is 6.73. The first-order valence-corrected chi connectivity index (χ1v) is 10.8. The highest BCUT2D eigenvalue weighted by molar-refractivity contribution is 7.15. The smallest absolute Gasteiger partial charge is 0.261 e. The van der Waals surface area contributed by atoms with Gasteiger partial charge in [-0.2, -0.15) is 5.21 Å². The summed E-state index contributed by atoms with van der Waals surface area (Å²) < 4.78 is 0. The second kappa shape index (κ2) is 7.65. The zero-order valence-electron chi connectivity index (χ0n) is 16.0. The number of H-pyrrole nitrogens is 1. The minimum absolute atomic E-state index is 0.130. The van der Waals surface area contributed by atoms with Crippen molar-refractivity contribution >= 4 is 34.5 Å². The Morgan fingerprint density at radius 2 is 1.66 bits per heavy atom. The molecular formula is C18H21N7O2S2. The van der Waals surface area contributed by atoms with Gasteiger partial charge in [-0.05, 0) is 49.1 Å². The van der Waals surface area contributed by atoms with E-state index in [0.717, 1.165) is 33.7 Å². The number of nitrogens with one attached hydrogen (secondary N) is 3. The number of carbonyl (C=O) groups excluding carboxylic acids is 2. The zero-order valence-corrected chi connectivity index (χ0v) is 17.7. The van der Waals surface area contributed by atoms with Crippen molar-refractivity contribution < 1.29 is 9.59 Å². The predicted octanol–water partition coefficient (Wildman–Crippen LogP) is 0.824. The molecule has 0 atom stereocenters. The third-order valence-electron chi connectivity index (χ3n) is 5.26. The number of nitrogens with zero attached hydrogens (tertiary/aromatic N) is 3. The van der Waals surface area contributed by atoms with Crippen molar-refractivity contribution in [3.63, 3.8) is 0 Å². The number of aryl methyl sites for hydroxylation is 2. The van der Waals surface area contributed by atoms with Gasteiger partial charge in [0.05, 0.1) is 15.2 Å². The highest BCUT2D eigenvalue weighted by Crippen LogP contribution is 2.49. The fourth-order valence-corrected chi connectivity index (χ4v) is 6.34. The lowest BCUT2D eigenvalue weighted by Gasteiger charge is -2.30. The van der Waals surface area contributed by atoms with Crippen LogP contribution in [0.15, 0.2) is 12.1 Å². The molecule has 0 bridgehead atoms. The molecule has 0 unspecified atom stereocenters. The first kappa shape index (κ1) is 19.7. The molecule has 3 aromatic rings. The van der Waals surface area contributed by atoms with Gasteiger partial charge in [0.1, 0.15) is 0 Å². The van der Waals surface area contributed by atoms with Gasteiger partial charge in [-0.15, -0.1) is 32.9 Å². The van der Waals surface area contributed by atoms with Crippen LogP contribution in [-0.2, 0) is 18.3 Å². The average Bonchev–Trinajstić information content (AvgIpc) is 3.48. The molecule has 4 rings (SSSR count). The summed E-state index contributed by atoms with van der Waals surface area (Å²) in [5, 5.41) is 20.4. The Bertz CT molecular complexity index is 992. The lowest BCUT2D eigenvalue weighted by atomic mass is 9.72. The molecule has 0 saturated carbocycles. The third kappa shape index (κ3) is 3.05. The summed E-state index contributed by atoms with van der Waals surface area (Å²) in [6.07, 6.45) is 2.06. The Kier molecular flexibility index (Phi) is 5.19. The molecular weight excluding hydrogens is 410 g/mol. The SMILES string of the molecule is CNC(=O)c1cc2c(s1)CCc1sc(C(=O)NC)cc1C2(CCN)c1nn[nH]n1. The number of hydrogen-bond acceptors (Lipinski definition) is 8. The number of nitrogens with two attached hydrogens (primary N) is 1. The number of rotatable bonds is 5. The maximum Gasteiger partial charge on any atom is 0.261 e. The van der Waals surface area contributed by atoms with Gasteiger partial charge in [0.25, 0.3) is 11.8 Å². The first-order chi connectivity index (χ1) is 14.0. The van der Waals surface area contributed by atoms with E-state index in [9.17, 15) is 9.59 Å². The number of fused-ring (bicyclic) bond motifs is 2. The van der Waals surface area contributed by atoms with E-state index < -0.39 is 5.41 Å². The summed E-state index contributed by atoms with van der Waals surface area (Å²) in [5.74, 6) is 0.235. The Balaban J connectivity index is 2.02. The van der Waals surface area contributed by atoms with Gasteiger partial charge in [0, 0.05) is 23.8 Å². The van der Waals surface area contributed by atoms with Gasteiger partial charge >= 0.3 is 0 Å². The van der Waals surface area contributed by atoms with Gasteiger partial charge in [-0.1, -0.05) is 5.21 Å². The number of hydrogen-bond donors (Lipinski definition) is 4. The molecule has 3 heterocycles. The topological polar surface area (TPSA) is 139 Å². The van der Waals surface area contributed by atoms with Crippen LogP contribution in [0, 0.1) is 0 Å². The second-order valence-corrected chi connectivity index (χ2v) is 9.01. The van der Waals surface area contributed by atoms with E-state index in [-0.39, 0.29) is 11.8 Å². The lowest BCUT2D eigenvalue weighted by molar-refractivity contribution is 0.0959. The van der Waals surface area contributed by atoms with Crippen LogP contribution in [-0.4, -0.2) is 53.1 Å². The van der Waals surface area contributed by atoms with Crippen LogP contribution in [0.3, 0.4) is 0 Å². The van der Waals surface area contributed by atoms with Crippen LogP contribution in [0.2, 0.25) is 0 Å². The molecule has 0 spiro atoms. The number of amides is 2. The van der Waals surface area contributed by atoms with Gasteiger partial charge in [0.15, 0.2) is 5.82 Å². The van der Waals surface area contributed by atoms with Crippen molar-refractivity contribution in [1.29, 1.82) is 0 Å². The third-order valence-corrected chi connectivity index (χ3v) is 7.65. The minimum atomic E-state index is -0.769. The normalized spacial score (nSPS) is 14.6. The maximum absolute atomic E-state index is 12.3. The molecule has 0 saturated heterocycles. The lowest BCUT2D eigenvalue weighted by Crippen LogP contribution is -2.34. The molecule has 3 aromatic heterocycles. The molecule has 0 fully saturated rings. The van der Waals surface area contributed by atoms with Crippen molar-refractivity contribution in [3.8, 4) is 0 Å². The number of aromatic nitrogens is 4. The number of tetrazole rings is 1. The highest BCUT2D eigenvalue weighted by Gasteiger charge is 2.46. The molecule has 0 radical (unpaired) electrons. The van der Waals surface area contributed by atoms with Crippen molar-refractivity contribution in [2.45, 2.75) is 24.7 Å². The monoisotopic (exact) mass is 431 g/mol. The van der Waals surface area contributed by atoms with Crippen LogP contribution in [0.4, 0.5) is 0 Å². The van der Waals surface area contributed by atoms with E-state index in [2.05, 4.69) is 31.3 Å². The summed E-state index contributed by atoms with van der Waals surface area (Å²) in [4.78, 5) is 28.1. The van der Waals surface area contributed by atoms with Crippen LogP contribution in [0.5, 0.6) is 0 Å². The molecule has 2 amide bonds. The van der Waals surface area contributed by atoms with Crippen molar-refractivity contribution in [3.05, 3.63) is 48.6 Å². The molecule has 9 nitrogen and oxygen atoms in total. The van der Waals surface area contributed by atoms with E-state index in [4.69, 9.17) is 5.73 Å². The largest absolute Gasteiger partial charge is 0.354 e. The number of thiophene rings is 2. The standard InChI is InChI=1S/C18H21N7O2S2/c1-20-15(26)13-7-9-11(28-13)3-4-12-10(8-14(29-12)16(27)21-2)18(9,5-6-19)17-22-24-25-23-17/h7-8H,3-6,19H2,1-2H3,(H,20,26)(H,21,27)(H,22,23,24,25). The van der Waals surface area contributed by atoms with Crippen LogP contribution in [0.1, 0.15) is 52.5 Å². The van der Waals surface area contributed by atoms with E-state index in [1.165, 1.54) is 22.7 Å². The fourth-order valence-electron chi connectivity index (χ4n) is 3.97. The number of aromatic amines is 1. The first-order valence-electron chi connectivity index (χ1n) is 9.19. The molecule has 0 aliphatic heterocycles. The van der Waals surface area contributed by atoms with Crippen LogP contribution >= 0.6 is 22.7 Å². The van der Waals surface area contributed by atoms with E-state index in [1.54, 1.807) is 14.1 Å². The Labute approximate surface area is 175 Å². The summed E-state index contributed by atoms with van der Waals surface area (Å²) in [6, 6.07) is 3.83. The Morgan fingerprint density at radius 1 is 1.10 bits per heavy atom. The van der Waals surface area contributed by atoms with E-state index in [0.29, 0.717) is 28.5 Å². The van der Waals surface area contributed by atoms with Gasteiger partial charge < -0.3 is 16.4 Å². The summed E-state index contributed by atoms with van der Waals surface area (Å²) in [5.41, 5.74) is 7.23. The molecule has 1 aliphatic carbocycles. The molecule has 5 N–H and O–H groups in total. The molecule has 152 valence electrons. The van der Waals surface area contributed by atoms with Crippen molar-refractivity contribution in [2.24, 2.45) is 5.73 Å². The number of carbonyl (C=O) groups is 2. The molecule has 11 heteroatoms. The van der Waals surface area contributed by atoms with E-state index in [1.807, 2.05) is 12.1 Å². The van der Waals surface area contributed by atoms with Crippen LogP contribution < -0.4 is 16.4 Å². The Morgan fingerprint density at radius 3 is 2.07 bits per heavy atom. The van der Waals surface area contributed by atoms with Gasteiger partial charge in [-0.3, -0.25) is 9.59 Å². The van der Waals surface area contributed by atoms with E-state index >= 15 is 0 Å². The molecule has 1 aliphatic rings. The maximum atomic E-state index is 12.3. The summed E-state index contributed by atoms with van der Waals surface area (Å²) >= 11 is 2.96. The van der Waals surface area contributed by atoms with Crippen molar-refractivity contribution in [1.82, 2.24) is 31.3 Å². The van der Waals surface area contributed by atoms with Gasteiger partial charge in [0.2, 0.25) is 0 Å².